The van der Waals surface area contributed by atoms with Crippen molar-refractivity contribution in [1.29, 1.82) is 5.26 Å². The number of nitrogens with zero attached hydrogens (tertiary/aromatic N) is 1. The van der Waals surface area contributed by atoms with Crippen molar-refractivity contribution >= 4 is 11.6 Å². The molecule has 0 saturated heterocycles. The summed E-state index contributed by atoms with van der Waals surface area (Å²) in [6, 6.07) is 9.83. The molecule has 0 aliphatic heterocycles. The zero-order valence-corrected chi connectivity index (χ0v) is 9.31. The van der Waals surface area contributed by atoms with Gasteiger partial charge in [-0.15, -0.1) is 0 Å². The lowest BCUT2D eigenvalue weighted by Crippen LogP contribution is -2.21. The Morgan fingerprint density at radius 2 is 2.06 bits per heavy atom. The quantitative estimate of drug-likeness (QED) is 0.832. The van der Waals surface area contributed by atoms with E-state index in [1.165, 1.54) is 18.5 Å². The van der Waals surface area contributed by atoms with Crippen LogP contribution in [0.2, 0.25) is 0 Å². The van der Waals surface area contributed by atoms with Crippen molar-refractivity contribution in [1.82, 2.24) is 4.98 Å². The Bertz CT molecular complexity index is 683. The number of nitrogens with one attached hydrogen (secondary N) is 2. The van der Waals surface area contributed by atoms with Crippen LogP contribution < -0.4 is 10.7 Å². The van der Waals surface area contributed by atoms with E-state index in [1.54, 1.807) is 24.3 Å². The number of para-hydroxylation sites is 1. The molecule has 2 N–H and O–H groups in total. The summed E-state index contributed by atoms with van der Waals surface area (Å²) in [4.78, 5) is 26.0. The molecule has 0 atom stereocenters. The van der Waals surface area contributed by atoms with Crippen molar-refractivity contribution < 1.29 is 4.79 Å². The van der Waals surface area contributed by atoms with Crippen LogP contribution >= 0.6 is 0 Å². The topological polar surface area (TPSA) is 85.8 Å². The van der Waals surface area contributed by atoms with Gasteiger partial charge in [-0.2, -0.15) is 5.26 Å². The summed E-state index contributed by atoms with van der Waals surface area (Å²) in [6.45, 7) is 0. The first kappa shape index (κ1) is 11.6. The minimum atomic E-state index is -0.542. The molecule has 2 rings (SSSR count). The molecule has 2 aromatic rings. The molecule has 0 radical (unpaired) electrons. The van der Waals surface area contributed by atoms with E-state index < -0.39 is 5.91 Å². The summed E-state index contributed by atoms with van der Waals surface area (Å²) in [5.74, 6) is -0.542. The largest absolute Gasteiger partial charge is 0.367 e. The zero-order valence-electron chi connectivity index (χ0n) is 9.31. The Morgan fingerprint density at radius 1 is 1.28 bits per heavy atom. The number of carbonyl (C=O) groups is 1. The van der Waals surface area contributed by atoms with Crippen molar-refractivity contribution in [3.8, 4) is 6.07 Å². The molecule has 88 valence electrons. The zero-order chi connectivity index (χ0) is 13.0. The van der Waals surface area contributed by atoms with Gasteiger partial charge in [0.15, 0.2) is 5.43 Å². The highest BCUT2D eigenvalue weighted by Gasteiger charge is 2.11. The number of pyridine rings is 1. The molecule has 0 aliphatic rings. The second-order valence-electron chi connectivity index (χ2n) is 3.53. The Morgan fingerprint density at radius 3 is 2.78 bits per heavy atom. The van der Waals surface area contributed by atoms with Crippen LogP contribution in [0.4, 0.5) is 5.69 Å². The van der Waals surface area contributed by atoms with Crippen LogP contribution in [0.3, 0.4) is 0 Å². The highest BCUT2D eigenvalue weighted by Crippen LogP contribution is 2.13. The molecular formula is C13H9N3O2. The van der Waals surface area contributed by atoms with E-state index in [1.807, 2.05) is 6.07 Å². The number of aromatic amines is 1. The molecule has 1 amide bonds. The number of amides is 1. The summed E-state index contributed by atoms with van der Waals surface area (Å²) in [5, 5.41) is 11.4. The second kappa shape index (κ2) is 4.97. The predicted octanol–water partition coefficient (Wildman–Crippen LogP) is 1.50. The van der Waals surface area contributed by atoms with Gasteiger partial charge in [-0.1, -0.05) is 12.1 Å². The summed E-state index contributed by atoms with van der Waals surface area (Å²) in [6.07, 6.45) is 2.77. The van der Waals surface area contributed by atoms with Gasteiger partial charge in [-0.25, -0.2) is 0 Å². The monoisotopic (exact) mass is 239 g/mol. The third-order valence-electron chi connectivity index (χ3n) is 2.36. The molecule has 5 nitrogen and oxygen atoms in total. The Hall–Kier alpha value is -2.87. The maximum Gasteiger partial charge on any atom is 0.261 e. The van der Waals surface area contributed by atoms with Gasteiger partial charge in [-0.05, 0) is 12.1 Å². The fraction of sp³-hybridized carbons (Fsp3) is 0. The first-order chi connectivity index (χ1) is 8.72. The molecule has 1 aromatic carbocycles. The first-order valence-corrected chi connectivity index (χ1v) is 5.20. The Labute approximate surface area is 103 Å². The molecule has 18 heavy (non-hydrogen) atoms. The molecule has 0 unspecified atom stereocenters. The fourth-order valence-electron chi connectivity index (χ4n) is 1.47. The average Bonchev–Trinajstić information content (AvgIpc) is 2.39. The lowest BCUT2D eigenvalue weighted by molar-refractivity contribution is 0.102. The lowest BCUT2D eigenvalue weighted by Gasteiger charge is -2.05. The van der Waals surface area contributed by atoms with Crippen LogP contribution in [0.25, 0.3) is 0 Å². The van der Waals surface area contributed by atoms with Crippen molar-refractivity contribution in [3.05, 3.63) is 64.1 Å². The summed E-state index contributed by atoms with van der Waals surface area (Å²) >= 11 is 0. The summed E-state index contributed by atoms with van der Waals surface area (Å²) < 4.78 is 0. The first-order valence-electron chi connectivity index (χ1n) is 5.20. The second-order valence-corrected chi connectivity index (χ2v) is 3.53. The lowest BCUT2D eigenvalue weighted by atomic mass is 10.2. The number of carbonyl (C=O) groups excluding carboxylic acids is 1. The van der Waals surface area contributed by atoms with Crippen LogP contribution in [0, 0.1) is 11.3 Å². The van der Waals surface area contributed by atoms with E-state index in [-0.39, 0.29) is 11.0 Å². The normalized spacial score (nSPS) is 9.50. The third kappa shape index (κ3) is 2.28. The molecule has 0 aliphatic carbocycles. The maximum absolute atomic E-state index is 11.9. The number of benzene rings is 1. The number of rotatable bonds is 2. The standard InChI is InChI=1S/C13H9N3O2/c14-7-9-3-1-2-4-11(9)16-13(18)10-8-15-6-5-12(10)17/h1-6,8H,(H,15,17)(H,16,18). The van der Waals surface area contributed by atoms with Gasteiger partial charge < -0.3 is 10.3 Å². The number of nitriles is 1. The van der Waals surface area contributed by atoms with Gasteiger partial charge in [0.1, 0.15) is 11.6 Å². The predicted molar refractivity (Wildman–Crippen MR) is 66.2 cm³/mol. The van der Waals surface area contributed by atoms with Crippen LogP contribution in [0.1, 0.15) is 15.9 Å². The van der Waals surface area contributed by atoms with Gasteiger partial charge >= 0.3 is 0 Å². The molecule has 1 heterocycles. The smallest absolute Gasteiger partial charge is 0.261 e. The minimum absolute atomic E-state index is 0.00485. The van der Waals surface area contributed by atoms with E-state index >= 15 is 0 Å². The number of hydrogen-bond donors (Lipinski definition) is 2. The molecular weight excluding hydrogens is 230 g/mol. The highest BCUT2D eigenvalue weighted by molar-refractivity contribution is 6.04. The van der Waals surface area contributed by atoms with E-state index in [2.05, 4.69) is 10.3 Å². The molecule has 5 heteroatoms. The SMILES string of the molecule is N#Cc1ccccc1NC(=O)c1c[nH]ccc1=O. The summed E-state index contributed by atoms with van der Waals surface area (Å²) in [7, 11) is 0. The van der Waals surface area contributed by atoms with E-state index in [4.69, 9.17) is 5.26 Å². The van der Waals surface area contributed by atoms with Gasteiger partial charge in [0.25, 0.3) is 5.91 Å². The highest BCUT2D eigenvalue weighted by atomic mass is 16.2. The number of hydrogen-bond acceptors (Lipinski definition) is 3. The maximum atomic E-state index is 11.9. The summed E-state index contributed by atoms with van der Waals surface area (Å²) in [5.41, 5.74) is 0.359. The molecule has 0 fully saturated rings. The van der Waals surface area contributed by atoms with Gasteiger partial charge in [0.05, 0.1) is 11.3 Å². The van der Waals surface area contributed by atoms with Crippen molar-refractivity contribution in [2.24, 2.45) is 0 Å². The Kier molecular flexibility index (Phi) is 3.21. The van der Waals surface area contributed by atoms with Crippen molar-refractivity contribution in [3.63, 3.8) is 0 Å². The fourth-order valence-corrected chi connectivity index (χ4v) is 1.47. The van der Waals surface area contributed by atoms with Crippen LogP contribution in [-0.4, -0.2) is 10.9 Å². The van der Waals surface area contributed by atoms with Crippen LogP contribution in [-0.2, 0) is 0 Å². The van der Waals surface area contributed by atoms with E-state index in [0.717, 1.165) is 0 Å². The van der Waals surface area contributed by atoms with Gasteiger partial charge in [0.2, 0.25) is 0 Å². The Balaban J connectivity index is 2.31. The van der Waals surface area contributed by atoms with Crippen molar-refractivity contribution in [2.45, 2.75) is 0 Å². The van der Waals surface area contributed by atoms with E-state index in [0.29, 0.717) is 11.3 Å². The van der Waals surface area contributed by atoms with Crippen LogP contribution in [0.15, 0.2) is 47.5 Å². The molecule has 1 aromatic heterocycles. The van der Waals surface area contributed by atoms with Gasteiger partial charge in [-0.3, -0.25) is 9.59 Å². The number of aromatic nitrogens is 1. The van der Waals surface area contributed by atoms with Gasteiger partial charge in [0, 0.05) is 18.5 Å². The number of H-pyrrole nitrogens is 1. The molecule has 0 spiro atoms. The van der Waals surface area contributed by atoms with Crippen LogP contribution in [0.5, 0.6) is 0 Å². The minimum Gasteiger partial charge on any atom is -0.367 e. The molecule has 0 bridgehead atoms. The average molecular weight is 239 g/mol. The molecule has 0 saturated carbocycles. The third-order valence-corrected chi connectivity index (χ3v) is 2.36. The van der Waals surface area contributed by atoms with E-state index in [9.17, 15) is 9.59 Å². The number of anilines is 1. The van der Waals surface area contributed by atoms with Crippen molar-refractivity contribution in [2.75, 3.05) is 5.32 Å².